The standard InChI is InChI=1S/C8H16N2O4S/c9-8(12)7-1-3-10(4-2-7)15(13,14)6-5-11/h7,11H,1-6H2,(H2,9,12). The molecule has 1 fully saturated rings. The number of hydrogen-bond donors (Lipinski definition) is 2. The Morgan fingerprint density at radius 2 is 1.93 bits per heavy atom. The van der Waals surface area contributed by atoms with Crippen LogP contribution in [0.1, 0.15) is 12.8 Å². The summed E-state index contributed by atoms with van der Waals surface area (Å²) in [4.78, 5) is 10.9. The summed E-state index contributed by atoms with van der Waals surface area (Å²) in [6, 6.07) is 0. The maximum absolute atomic E-state index is 11.5. The summed E-state index contributed by atoms with van der Waals surface area (Å²) in [6.45, 7) is 0.254. The number of rotatable bonds is 4. The average Bonchev–Trinajstić information content (AvgIpc) is 2.18. The second-order valence-corrected chi connectivity index (χ2v) is 5.70. The smallest absolute Gasteiger partial charge is 0.220 e. The third-order valence-electron chi connectivity index (χ3n) is 2.60. The minimum Gasteiger partial charge on any atom is -0.395 e. The number of carbonyl (C=O) groups is 1. The maximum atomic E-state index is 11.5. The summed E-state index contributed by atoms with van der Waals surface area (Å²) in [7, 11) is -3.35. The van der Waals surface area contributed by atoms with E-state index < -0.39 is 10.0 Å². The SMILES string of the molecule is NC(=O)C1CCN(S(=O)(=O)CCO)CC1. The average molecular weight is 236 g/mol. The number of aliphatic hydroxyl groups excluding tert-OH is 1. The Hall–Kier alpha value is -0.660. The van der Waals surface area contributed by atoms with Gasteiger partial charge in [0.1, 0.15) is 0 Å². The lowest BCUT2D eigenvalue weighted by Crippen LogP contribution is -2.43. The number of aliphatic hydroxyl groups is 1. The Labute approximate surface area is 89.1 Å². The molecule has 0 saturated carbocycles. The minimum absolute atomic E-state index is 0.217. The molecule has 0 bridgehead atoms. The maximum Gasteiger partial charge on any atom is 0.220 e. The van der Waals surface area contributed by atoms with E-state index in [1.54, 1.807) is 0 Å². The second kappa shape index (κ2) is 4.91. The lowest BCUT2D eigenvalue weighted by Gasteiger charge is -2.29. The summed E-state index contributed by atoms with van der Waals surface area (Å²) < 4.78 is 24.3. The molecule has 0 radical (unpaired) electrons. The summed E-state index contributed by atoms with van der Waals surface area (Å²) >= 11 is 0. The van der Waals surface area contributed by atoms with E-state index in [0.29, 0.717) is 25.9 Å². The Morgan fingerprint density at radius 3 is 2.33 bits per heavy atom. The van der Waals surface area contributed by atoms with E-state index in [1.165, 1.54) is 4.31 Å². The van der Waals surface area contributed by atoms with Crippen molar-refractivity contribution in [2.24, 2.45) is 11.7 Å². The van der Waals surface area contributed by atoms with Gasteiger partial charge in [-0.05, 0) is 12.8 Å². The summed E-state index contributed by atoms with van der Waals surface area (Å²) in [5.74, 6) is -0.839. The number of piperidine rings is 1. The largest absolute Gasteiger partial charge is 0.395 e. The van der Waals surface area contributed by atoms with E-state index in [0.717, 1.165) is 0 Å². The molecule has 1 saturated heterocycles. The molecule has 1 rings (SSSR count). The van der Waals surface area contributed by atoms with Crippen LogP contribution in [0.5, 0.6) is 0 Å². The highest BCUT2D eigenvalue weighted by Crippen LogP contribution is 2.19. The van der Waals surface area contributed by atoms with Crippen molar-refractivity contribution in [3.63, 3.8) is 0 Å². The number of nitrogens with zero attached hydrogens (tertiary/aromatic N) is 1. The quantitative estimate of drug-likeness (QED) is 0.620. The molecule has 1 amide bonds. The van der Waals surface area contributed by atoms with Crippen molar-refractivity contribution in [3.8, 4) is 0 Å². The van der Waals surface area contributed by atoms with E-state index >= 15 is 0 Å². The van der Waals surface area contributed by atoms with Gasteiger partial charge in [-0.3, -0.25) is 4.79 Å². The van der Waals surface area contributed by atoms with E-state index in [-0.39, 0.29) is 24.2 Å². The molecule has 15 heavy (non-hydrogen) atoms. The van der Waals surface area contributed by atoms with Crippen LogP contribution >= 0.6 is 0 Å². The normalized spacial score (nSPS) is 20.3. The molecule has 7 heteroatoms. The molecule has 6 nitrogen and oxygen atoms in total. The molecule has 1 aliphatic rings. The molecular formula is C8H16N2O4S. The summed E-state index contributed by atoms with van der Waals surface area (Å²) in [5.41, 5.74) is 5.13. The number of carbonyl (C=O) groups excluding carboxylic acids is 1. The van der Waals surface area contributed by atoms with Crippen molar-refractivity contribution in [2.45, 2.75) is 12.8 Å². The lowest BCUT2D eigenvalue weighted by atomic mass is 9.98. The Morgan fingerprint density at radius 1 is 1.40 bits per heavy atom. The fraction of sp³-hybridized carbons (Fsp3) is 0.875. The van der Waals surface area contributed by atoms with Gasteiger partial charge in [-0.15, -0.1) is 0 Å². The van der Waals surface area contributed by atoms with Gasteiger partial charge in [0.15, 0.2) is 0 Å². The zero-order valence-electron chi connectivity index (χ0n) is 8.42. The van der Waals surface area contributed by atoms with Gasteiger partial charge in [0.2, 0.25) is 15.9 Å². The molecule has 0 aromatic rings. The van der Waals surface area contributed by atoms with E-state index in [4.69, 9.17) is 10.8 Å². The molecule has 0 spiro atoms. The summed E-state index contributed by atoms with van der Waals surface area (Å²) in [6.07, 6.45) is 0.944. The predicted octanol–water partition coefficient (Wildman–Crippen LogP) is -1.49. The lowest BCUT2D eigenvalue weighted by molar-refractivity contribution is -0.122. The molecule has 0 atom stereocenters. The van der Waals surface area contributed by atoms with E-state index in [2.05, 4.69) is 0 Å². The van der Waals surface area contributed by atoms with Crippen molar-refractivity contribution in [2.75, 3.05) is 25.4 Å². The third kappa shape index (κ3) is 3.15. The van der Waals surface area contributed by atoms with Crippen molar-refractivity contribution < 1.29 is 18.3 Å². The van der Waals surface area contributed by atoms with Crippen molar-refractivity contribution >= 4 is 15.9 Å². The highest BCUT2D eigenvalue weighted by Gasteiger charge is 2.29. The molecule has 0 unspecified atom stereocenters. The predicted molar refractivity (Wildman–Crippen MR) is 54.4 cm³/mol. The van der Waals surface area contributed by atoms with Gasteiger partial charge < -0.3 is 10.8 Å². The molecule has 1 aliphatic heterocycles. The van der Waals surface area contributed by atoms with Gasteiger partial charge in [-0.2, -0.15) is 0 Å². The molecule has 0 aromatic heterocycles. The fourth-order valence-electron chi connectivity index (χ4n) is 1.66. The molecular weight excluding hydrogens is 220 g/mol. The van der Waals surface area contributed by atoms with Crippen molar-refractivity contribution in [1.82, 2.24) is 4.31 Å². The Balaban J connectivity index is 2.54. The van der Waals surface area contributed by atoms with Crippen LogP contribution in [0, 0.1) is 5.92 Å². The third-order valence-corrected chi connectivity index (χ3v) is 4.45. The van der Waals surface area contributed by atoms with E-state index in [1.807, 2.05) is 0 Å². The fourth-order valence-corrected chi connectivity index (χ4v) is 2.92. The van der Waals surface area contributed by atoms with Crippen LogP contribution in [0.3, 0.4) is 0 Å². The van der Waals surface area contributed by atoms with Crippen molar-refractivity contribution in [1.29, 1.82) is 0 Å². The number of hydrogen-bond acceptors (Lipinski definition) is 4. The molecule has 0 aliphatic carbocycles. The first-order valence-corrected chi connectivity index (χ1v) is 6.46. The van der Waals surface area contributed by atoms with Crippen LogP contribution < -0.4 is 5.73 Å². The van der Waals surface area contributed by atoms with Gasteiger partial charge in [0.25, 0.3) is 0 Å². The summed E-state index contributed by atoms with van der Waals surface area (Å²) in [5, 5.41) is 8.59. The highest BCUT2D eigenvalue weighted by molar-refractivity contribution is 7.89. The van der Waals surface area contributed by atoms with Gasteiger partial charge in [-0.25, -0.2) is 12.7 Å². The Bertz CT molecular complexity index is 320. The van der Waals surface area contributed by atoms with Gasteiger partial charge in [0.05, 0.1) is 12.4 Å². The molecule has 0 aromatic carbocycles. The first-order valence-electron chi connectivity index (χ1n) is 4.85. The van der Waals surface area contributed by atoms with Gasteiger partial charge in [-0.1, -0.05) is 0 Å². The first kappa shape index (κ1) is 12.4. The molecule has 3 N–H and O–H groups in total. The van der Waals surface area contributed by atoms with Gasteiger partial charge in [0, 0.05) is 19.0 Å². The topological polar surface area (TPSA) is 101 Å². The monoisotopic (exact) mass is 236 g/mol. The number of primary amides is 1. The van der Waals surface area contributed by atoms with Crippen LogP contribution in [-0.4, -0.2) is 49.2 Å². The second-order valence-electron chi connectivity index (χ2n) is 3.62. The zero-order valence-corrected chi connectivity index (χ0v) is 9.24. The van der Waals surface area contributed by atoms with Crippen LogP contribution in [0.4, 0.5) is 0 Å². The molecule has 1 heterocycles. The number of sulfonamides is 1. The zero-order chi connectivity index (χ0) is 11.5. The van der Waals surface area contributed by atoms with Gasteiger partial charge >= 0.3 is 0 Å². The Kier molecular flexibility index (Phi) is 4.06. The van der Waals surface area contributed by atoms with Crippen LogP contribution in [0.2, 0.25) is 0 Å². The van der Waals surface area contributed by atoms with Crippen LogP contribution in [-0.2, 0) is 14.8 Å². The highest BCUT2D eigenvalue weighted by atomic mass is 32.2. The van der Waals surface area contributed by atoms with E-state index in [9.17, 15) is 13.2 Å². The minimum atomic E-state index is -3.35. The number of nitrogens with two attached hydrogens (primary N) is 1. The first-order chi connectivity index (χ1) is 6.97. The van der Waals surface area contributed by atoms with Crippen LogP contribution in [0.25, 0.3) is 0 Å². The molecule has 88 valence electrons. The van der Waals surface area contributed by atoms with Crippen molar-refractivity contribution in [3.05, 3.63) is 0 Å². The number of amides is 1. The van der Waals surface area contributed by atoms with Crippen LogP contribution in [0.15, 0.2) is 0 Å².